The number of ether oxygens (including phenoxy) is 3. The highest BCUT2D eigenvalue weighted by atomic mass is 16.5. The third-order valence-electron chi connectivity index (χ3n) is 6.09. The summed E-state index contributed by atoms with van der Waals surface area (Å²) in [7, 11) is 5.04. The van der Waals surface area contributed by atoms with Crippen LogP contribution in [0, 0.1) is 0 Å². The van der Waals surface area contributed by atoms with Crippen molar-refractivity contribution in [3.8, 4) is 17.2 Å². The molecule has 1 fully saturated rings. The SMILES string of the molecule is COc1ccccc1N1CCN(C(c2cccc(OC)c2OC)c2nnnn2C(C)C)CC1. The lowest BCUT2D eigenvalue weighted by atomic mass is 10.0. The Bertz CT molecular complexity index is 1060. The lowest BCUT2D eigenvalue weighted by Crippen LogP contribution is -2.48. The molecule has 9 heteroatoms. The van der Waals surface area contributed by atoms with Gasteiger partial charge in [-0.25, -0.2) is 4.68 Å². The minimum atomic E-state index is -0.174. The Hall–Kier alpha value is -3.33. The maximum absolute atomic E-state index is 5.80. The molecular weight excluding hydrogens is 420 g/mol. The Morgan fingerprint density at radius 2 is 1.52 bits per heavy atom. The first kappa shape index (κ1) is 22.8. The fourth-order valence-electron chi connectivity index (χ4n) is 4.49. The largest absolute Gasteiger partial charge is 0.495 e. The van der Waals surface area contributed by atoms with Crippen LogP contribution in [0.5, 0.6) is 17.2 Å². The Morgan fingerprint density at radius 1 is 0.818 bits per heavy atom. The lowest BCUT2D eigenvalue weighted by molar-refractivity contribution is 0.194. The Morgan fingerprint density at radius 3 is 2.18 bits per heavy atom. The van der Waals surface area contributed by atoms with Gasteiger partial charge in [0, 0.05) is 31.7 Å². The van der Waals surface area contributed by atoms with Crippen molar-refractivity contribution in [1.29, 1.82) is 0 Å². The lowest BCUT2D eigenvalue weighted by Gasteiger charge is -2.40. The highest BCUT2D eigenvalue weighted by molar-refractivity contribution is 5.58. The summed E-state index contributed by atoms with van der Waals surface area (Å²) in [4.78, 5) is 4.77. The number of aromatic nitrogens is 4. The van der Waals surface area contributed by atoms with Gasteiger partial charge in [-0.3, -0.25) is 4.90 Å². The minimum absolute atomic E-state index is 0.129. The van der Waals surface area contributed by atoms with E-state index in [1.165, 1.54) is 0 Å². The van der Waals surface area contributed by atoms with Crippen molar-refractivity contribution in [3.05, 3.63) is 53.9 Å². The predicted octanol–water partition coefficient (Wildman–Crippen LogP) is 3.19. The molecule has 1 saturated heterocycles. The first-order chi connectivity index (χ1) is 16.1. The number of hydrogen-bond donors (Lipinski definition) is 0. The topological polar surface area (TPSA) is 77.8 Å². The molecule has 1 aliphatic heterocycles. The monoisotopic (exact) mass is 452 g/mol. The second kappa shape index (κ2) is 10.1. The van der Waals surface area contributed by atoms with Gasteiger partial charge in [0.25, 0.3) is 0 Å². The van der Waals surface area contributed by atoms with Crippen LogP contribution in [0.15, 0.2) is 42.5 Å². The molecule has 0 radical (unpaired) electrons. The number of nitrogens with zero attached hydrogens (tertiary/aromatic N) is 6. The third-order valence-corrected chi connectivity index (χ3v) is 6.09. The van der Waals surface area contributed by atoms with E-state index in [2.05, 4.69) is 51.3 Å². The van der Waals surface area contributed by atoms with Crippen molar-refractivity contribution in [3.63, 3.8) is 0 Å². The van der Waals surface area contributed by atoms with E-state index in [9.17, 15) is 0 Å². The second-order valence-corrected chi connectivity index (χ2v) is 8.26. The van der Waals surface area contributed by atoms with Crippen LogP contribution in [-0.4, -0.2) is 72.6 Å². The molecular formula is C24H32N6O3. The van der Waals surface area contributed by atoms with Crippen molar-refractivity contribution >= 4 is 5.69 Å². The Kier molecular flexibility index (Phi) is 6.98. The molecule has 1 aliphatic rings. The summed E-state index contributed by atoms with van der Waals surface area (Å²) in [5, 5.41) is 12.7. The van der Waals surface area contributed by atoms with Crippen LogP contribution < -0.4 is 19.1 Å². The number of piperazine rings is 1. The maximum atomic E-state index is 5.80. The van der Waals surface area contributed by atoms with Crippen molar-refractivity contribution in [2.24, 2.45) is 0 Å². The molecule has 1 unspecified atom stereocenters. The summed E-state index contributed by atoms with van der Waals surface area (Å²) in [6.45, 7) is 7.53. The first-order valence-electron chi connectivity index (χ1n) is 11.2. The zero-order valence-electron chi connectivity index (χ0n) is 19.9. The van der Waals surface area contributed by atoms with Crippen LogP contribution in [0.3, 0.4) is 0 Å². The van der Waals surface area contributed by atoms with Crippen molar-refractivity contribution in [2.75, 3.05) is 52.4 Å². The molecule has 0 bridgehead atoms. The normalized spacial score (nSPS) is 15.5. The molecule has 33 heavy (non-hydrogen) atoms. The van der Waals surface area contributed by atoms with Gasteiger partial charge in [-0.05, 0) is 42.5 Å². The molecule has 3 aromatic rings. The molecule has 0 spiro atoms. The minimum Gasteiger partial charge on any atom is -0.495 e. The second-order valence-electron chi connectivity index (χ2n) is 8.26. The van der Waals surface area contributed by atoms with Gasteiger partial charge in [0.2, 0.25) is 0 Å². The van der Waals surface area contributed by atoms with E-state index in [0.717, 1.165) is 49.0 Å². The van der Waals surface area contributed by atoms with Gasteiger partial charge in [0.15, 0.2) is 17.3 Å². The smallest absolute Gasteiger partial charge is 0.173 e. The molecule has 0 N–H and O–H groups in total. The molecule has 1 aromatic heterocycles. The molecule has 0 saturated carbocycles. The summed E-state index contributed by atoms with van der Waals surface area (Å²) in [5.74, 6) is 3.08. The van der Waals surface area contributed by atoms with E-state index in [0.29, 0.717) is 11.5 Å². The predicted molar refractivity (Wildman–Crippen MR) is 126 cm³/mol. The van der Waals surface area contributed by atoms with E-state index >= 15 is 0 Å². The summed E-state index contributed by atoms with van der Waals surface area (Å²) in [6.07, 6.45) is 0. The van der Waals surface area contributed by atoms with E-state index in [1.807, 2.05) is 35.0 Å². The molecule has 176 valence electrons. The van der Waals surface area contributed by atoms with Crippen molar-refractivity contribution < 1.29 is 14.2 Å². The number of rotatable bonds is 8. The van der Waals surface area contributed by atoms with Crippen molar-refractivity contribution in [1.82, 2.24) is 25.1 Å². The van der Waals surface area contributed by atoms with Gasteiger partial charge in [-0.1, -0.05) is 24.3 Å². The van der Waals surface area contributed by atoms with Gasteiger partial charge >= 0.3 is 0 Å². The van der Waals surface area contributed by atoms with Crippen LogP contribution in [0.2, 0.25) is 0 Å². The molecule has 0 aliphatic carbocycles. The molecule has 1 atom stereocenters. The maximum Gasteiger partial charge on any atom is 0.173 e. The van der Waals surface area contributed by atoms with E-state index in [4.69, 9.17) is 14.2 Å². The van der Waals surface area contributed by atoms with Gasteiger partial charge in [0.1, 0.15) is 11.8 Å². The van der Waals surface area contributed by atoms with E-state index in [1.54, 1.807) is 21.3 Å². The number of methoxy groups -OCH3 is 3. The molecule has 0 amide bonds. The molecule has 4 rings (SSSR count). The zero-order chi connectivity index (χ0) is 23.4. The third kappa shape index (κ3) is 4.45. The van der Waals surface area contributed by atoms with Gasteiger partial charge in [-0.15, -0.1) is 5.10 Å². The van der Waals surface area contributed by atoms with Crippen molar-refractivity contribution in [2.45, 2.75) is 25.9 Å². The van der Waals surface area contributed by atoms with Gasteiger partial charge in [-0.2, -0.15) is 0 Å². The molecule has 2 aromatic carbocycles. The summed E-state index contributed by atoms with van der Waals surface area (Å²) in [5.41, 5.74) is 2.10. The quantitative estimate of drug-likeness (QED) is 0.516. The summed E-state index contributed by atoms with van der Waals surface area (Å²) in [6, 6.07) is 14.1. The number of anilines is 1. The van der Waals surface area contributed by atoms with Gasteiger partial charge in [0.05, 0.1) is 33.1 Å². The molecule has 9 nitrogen and oxygen atoms in total. The summed E-state index contributed by atoms with van der Waals surface area (Å²) >= 11 is 0. The van der Waals surface area contributed by atoms with Crippen LogP contribution in [0.25, 0.3) is 0 Å². The fraction of sp³-hybridized carbons (Fsp3) is 0.458. The van der Waals surface area contributed by atoms with Crippen LogP contribution in [-0.2, 0) is 0 Å². The standard InChI is InChI=1S/C24H32N6O3/c1-17(2)30-24(25-26-27-30)22(18-9-8-12-21(32-4)23(18)33-5)29-15-13-28(14-16-29)19-10-6-7-11-20(19)31-3/h6-12,17,22H,13-16H2,1-5H3. The van der Waals surface area contributed by atoms with E-state index in [-0.39, 0.29) is 12.1 Å². The zero-order valence-corrected chi connectivity index (χ0v) is 19.9. The summed E-state index contributed by atoms with van der Waals surface area (Å²) < 4.78 is 18.9. The average molecular weight is 453 g/mol. The highest BCUT2D eigenvalue weighted by Gasteiger charge is 2.34. The molecule has 2 heterocycles. The van der Waals surface area contributed by atoms with Gasteiger partial charge < -0.3 is 19.1 Å². The average Bonchev–Trinajstić information content (AvgIpc) is 3.34. The highest BCUT2D eigenvalue weighted by Crippen LogP contribution is 2.40. The number of benzene rings is 2. The number of tetrazole rings is 1. The Balaban J connectivity index is 1.70. The number of hydrogen-bond acceptors (Lipinski definition) is 8. The van der Waals surface area contributed by atoms with Crippen LogP contribution in [0.1, 0.15) is 37.3 Å². The van der Waals surface area contributed by atoms with Crippen LogP contribution >= 0.6 is 0 Å². The first-order valence-corrected chi connectivity index (χ1v) is 11.2. The fourth-order valence-corrected chi connectivity index (χ4v) is 4.49. The van der Waals surface area contributed by atoms with Crippen LogP contribution in [0.4, 0.5) is 5.69 Å². The number of para-hydroxylation sites is 3. The Labute approximate surface area is 194 Å². The van der Waals surface area contributed by atoms with E-state index < -0.39 is 0 Å².